The van der Waals surface area contributed by atoms with Gasteiger partial charge in [-0.3, -0.25) is 9.36 Å². The molecule has 9 heteroatoms. The molecule has 0 unspecified atom stereocenters. The highest BCUT2D eigenvalue weighted by Crippen LogP contribution is 2.38. The third-order valence-corrected chi connectivity index (χ3v) is 4.19. The number of carbonyl (C=O) groups excluding carboxylic acids is 1. The Labute approximate surface area is 137 Å². The van der Waals surface area contributed by atoms with E-state index in [1.807, 2.05) is 6.92 Å². The van der Waals surface area contributed by atoms with Crippen molar-refractivity contribution in [3.8, 4) is 0 Å². The van der Waals surface area contributed by atoms with Gasteiger partial charge in [0, 0.05) is 0 Å². The number of carbonyl (C=O) groups is 1. The van der Waals surface area contributed by atoms with Gasteiger partial charge in [0.05, 0.1) is 25.9 Å². The number of rotatable bonds is 6. The molecule has 9 nitrogen and oxygen atoms in total. The number of hydrogen-bond donors (Lipinski definition) is 2. The van der Waals surface area contributed by atoms with E-state index in [1.165, 1.54) is 12.7 Å². The van der Waals surface area contributed by atoms with Gasteiger partial charge in [-0.25, -0.2) is 14.8 Å². The Hall–Kier alpha value is -2.26. The molecule has 2 N–H and O–H groups in total. The summed E-state index contributed by atoms with van der Waals surface area (Å²) in [6.07, 6.45) is 4.66. The molecular formula is C15H20N4O5. The number of unbranched alkanes of at least 4 members (excludes halogenated alkanes) is 1. The van der Waals surface area contributed by atoms with Crippen molar-refractivity contribution < 1.29 is 19.4 Å². The first-order chi connectivity index (χ1) is 11.6. The lowest BCUT2D eigenvalue weighted by Gasteiger charge is -2.25. The molecule has 0 bridgehead atoms. The first-order valence-corrected chi connectivity index (χ1v) is 7.97. The van der Waals surface area contributed by atoms with Crippen molar-refractivity contribution in [1.82, 2.24) is 19.5 Å². The van der Waals surface area contributed by atoms with Crippen molar-refractivity contribution in [2.24, 2.45) is 0 Å². The van der Waals surface area contributed by atoms with E-state index >= 15 is 0 Å². The number of hydrogen-bond acceptors (Lipinski definition) is 7. The lowest BCUT2D eigenvalue weighted by molar-refractivity contribution is -0.180. The van der Waals surface area contributed by atoms with Crippen LogP contribution in [0.5, 0.6) is 0 Å². The van der Waals surface area contributed by atoms with Crippen molar-refractivity contribution in [2.75, 3.05) is 13.2 Å². The molecule has 0 aromatic carbocycles. The molecule has 1 aliphatic rings. The van der Waals surface area contributed by atoms with Gasteiger partial charge in [0.25, 0.3) is 5.56 Å². The lowest BCUT2D eigenvalue weighted by atomic mass is 10.0. The van der Waals surface area contributed by atoms with E-state index in [0.29, 0.717) is 25.1 Å². The van der Waals surface area contributed by atoms with Crippen LogP contribution in [-0.4, -0.2) is 49.4 Å². The summed E-state index contributed by atoms with van der Waals surface area (Å²) >= 11 is 0. The monoisotopic (exact) mass is 336 g/mol. The van der Waals surface area contributed by atoms with Crippen LogP contribution in [0.3, 0.4) is 0 Å². The molecule has 24 heavy (non-hydrogen) atoms. The topological polar surface area (TPSA) is 119 Å². The Morgan fingerprint density at radius 2 is 2.42 bits per heavy atom. The van der Waals surface area contributed by atoms with Crippen LogP contribution in [0.2, 0.25) is 0 Å². The van der Waals surface area contributed by atoms with Gasteiger partial charge in [0.15, 0.2) is 16.8 Å². The number of H-pyrrole nitrogens is 1. The number of nitrogens with zero attached hydrogens (tertiary/aromatic N) is 3. The molecule has 1 saturated heterocycles. The van der Waals surface area contributed by atoms with Crippen molar-refractivity contribution in [2.45, 2.75) is 44.4 Å². The molecule has 130 valence electrons. The zero-order valence-corrected chi connectivity index (χ0v) is 13.4. The Morgan fingerprint density at radius 3 is 3.17 bits per heavy atom. The third-order valence-electron chi connectivity index (χ3n) is 4.19. The molecule has 3 rings (SSSR count). The minimum Gasteiger partial charge on any atom is -0.463 e. The zero-order valence-electron chi connectivity index (χ0n) is 13.4. The number of ether oxygens (including phenoxy) is 2. The van der Waals surface area contributed by atoms with Gasteiger partial charge in [-0.1, -0.05) is 13.3 Å². The van der Waals surface area contributed by atoms with Gasteiger partial charge in [-0.2, -0.15) is 0 Å². The second kappa shape index (κ2) is 6.70. The maximum absolute atomic E-state index is 12.3. The van der Waals surface area contributed by atoms with Crippen LogP contribution in [0.15, 0.2) is 17.4 Å². The highest BCUT2D eigenvalue weighted by Gasteiger charge is 2.48. The average Bonchev–Trinajstić information content (AvgIpc) is 3.20. The van der Waals surface area contributed by atoms with Gasteiger partial charge in [0.2, 0.25) is 0 Å². The summed E-state index contributed by atoms with van der Waals surface area (Å²) in [5, 5.41) is 9.69. The number of imidazole rings is 1. The van der Waals surface area contributed by atoms with E-state index in [0.717, 1.165) is 12.8 Å². The SMILES string of the molecule is CCCCOC(=O)[C@@]1(CO)CC[C@H](n2cnc3c(=O)[nH]cnc32)O1. The predicted octanol–water partition coefficient (Wildman–Crippen LogP) is 0.503. The maximum atomic E-state index is 12.3. The molecule has 2 aromatic heterocycles. The van der Waals surface area contributed by atoms with Crippen LogP contribution in [0, 0.1) is 0 Å². The fourth-order valence-corrected chi connectivity index (χ4v) is 2.78. The standard InChI is InChI=1S/C15H20N4O5/c1-2-3-6-23-14(22)15(7-20)5-4-10(24-15)19-9-18-11-12(19)16-8-17-13(11)21/h8-10,20H,2-7H2,1H3,(H,16,17,21)/t10-,15+/m1/s1. The van der Waals surface area contributed by atoms with E-state index < -0.39 is 24.4 Å². The molecule has 1 aliphatic heterocycles. The Bertz CT molecular complexity index is 786. The number of aromatic nitrogens is 4. The molecule has 0 aliphatic carbocycles. The number of aromatic amines is 1. The largest absolute Gasteiger partial charge is 0.463 e. The Balaban J connectivity index is 1.81. The number of aliphatic hydroxyl groups is 1. The second-order valence-corrected chi connectivity index (χ2v) is 5.81. The molecule has 2 atom stereocenters. The first-order valence-electron chi connectivity index (χ1n) is 7.97. The number of esters is 1. The normalized spacial score (nSPS) is 23.7. The fourth-order valence-electron chi connectivity index (χ4n) is 2.78. The quantitative estimate of drug-likeness (QED) is 0.582. The molecule has 3 heterocycles. The Morgan fingerprint density at radius 1 is 1.58 bits per heavy atom. The Kier molecular flexibility index (Phi) is 4.63. The maximum Gasteiger partial charge on any atom is 0.340 e. The summed E-state index contributed by atoms with van der Waals surface area (Å²) in [7, 11) is 0. The van der Waals surface area contributed by atoms with Gasteiger partial charge < -0.3 is 19.6 Å². The number of fused-ring (bicyclic) bond motifs is 1. The van der Waals surface area contributed by atoms with Crippen LogP contribution in [0.1, 0.15) is 38.8 Å². The average molecular weight is 336 g/mol. The van der Waals surface area contributed by atoms with Gasteiger partial charge in [-0.05, 0) is 19.3 Å². The van der Waals surface area contributed by atoms with Crippen LogP contribution >= 0.6 is 0 Å². The molecular weight excluding hydrogens is 316 g/mol. The van der Waals surface area contributed by atoms with Crippen LogP contribution in [-0.2, 0) is 14.3 Å². The van der Waals surface area contributed by atoms with Crippen molar-refractivity contribution >= 4 is 17.1 Å². The summed E-state index contributed by atoms with van der Waals surface area (Å²) < 4.78 is 12.6. The molecule has 1 fully saturated rings. The van der Waals surface area contributed by atoms with Crippen molar-refractivity contribution in [3.05, 3.63) is 23.0 Å². The van der Waals surface area contributed by atoms with Gasteiger partial charge >= 0.3 is 5.97 Å². The van der Waals surface area contributed by atoms with E-state index in [-0.39, 0.29) is 11.1 Å². The van der Waals surface area contributed by atoms with E-state index in [4.69, 9.17) is 9.47 Å². The minimum atomic E-state index is -1.38. The van der Waals surface area contributed by atoms with Gasteiger partial charge in [-0.15, -0.1) is 0 Å². The summed E-state index contributed by atoms with van der Waals surface area (Å²) in [4.78, 5) is 34.6. The third kappa shape index (κ3) is 2.80. The second-order valence-electron chi connectivity index (χ2n) is 5.81. The lowest BCUT2D eigenvalue weighted by Crippen LogP contribution is -2.43. The van der Waals surface area contributed by atoms with Gasteiger partial charge in [0.1, 0.15) is 6.23 Å². The number of nitrogens with one attached hydrogen (secondary N) is 1. The zero-order chi connectivity index (χ0) is 17.2. The molecule has 0 radical (unpaired) electrons. The summed E-state index contributed by atoms with van der Waals surface area (Å²) in [6.45, 7) is 1.84. The van der Waals surface area contributed by atoms with Crippen molar-refractivity contribution in [3.63, 3.8) is 0 Å². The molecule has 2 aromatic rings. The smallest absolute Gasteiger partial charge is 0.340 e. The fraction of sp³-hybridized carbons (Fsp3) is 0.600. The predicted molar refractivity (Wildman–Crippen MR) is 83.2 cm³/mol. The van der Waals surface area contributed by atoms with E-state index in [9.17, 15) is 14.7 Å². The summed E-state index contributed by atoms with van der Waals surface area (Å²) in [6, 6.07) is 0. The molecule has 0 spiro atoms. The highest BCUT2D eigenvalue weighted by atomic mass is 16.6. The van der Waals surface area contributed by atoms with E-state index in [1.54, 1.807) is 4.57 Å². The van der Waals surface area contributed by atoms with Crippen LogP contribution < -0.4 is 5.56 Å². The van der Waals surface area contributed by atoms with E-state index in [2.05, 4.69) is 15.0 Å². The van der Waals surface area contributed by atoms with Crippen LogP contribution in [0.4, 0.5) is 0 Å². The molecule has 0 amide bonds. The highest BCUT2D eigenvalue weighted by molar-refractivity contribution is 5.80. The van der Waals surface area contributed by atoms with Crippen LogP contribution in [0.25, 0.3) is 11.2 Å². The molecule has 0 saturated carbocycles. The first kappa shape index (κ1) is 16.6. The number of aliphatic hydroxyl groups excluding tert-OH is 1. The summed E-state index contributed by atoms with van der Waals surface area (Å²) in [5.41, 5.74) is -1.15. The summed E-state index contributed by atoms with van der Waals surface area (Å²) in [5.74, 6) is -0.559. The minimum absolute atomic E-state index is 0.202. The van der Waals surface area contributed by atoms with Crippen molar-refractivity contribution in [1.29, 1.82) is 0 Å².